The summed E-state index contributed by atoms with van der Waals surface area (Å²) in [6.45, 7) is 10.2. The molecule has 1 aliphatic rings. The number of nitrogens with one attached hydrogen (secondary N) is 2. The van der Waals surface area contributed by atoms with Crippen LogP contribution >= 0.6 is 0 Å². The number of aryl methyl sites for hydroxylation is 1. The van der Waals surface area contributed by atoms with Crippen LogP contribution in [0, 0.1) is 6.92 Å². The van der Waals surface area contributed by atoms with Gasteiger partial charge in [0.1, 0.15) is 19.0 Å². The third-order valence-corrected chi connectivity index (χ3v) is 7.03. The second-order valence-electron chi connectivity index (χ2n) is 11.3. The molecule has 1 aliphatic heterocycles. The van der Waals surface area contributed by atoms with E-state index < -0.39 is 6.67 Å². The average Bonchev–Trinajstić information content (AvgIpc) is 3.58. The zero-order valence-electron chi connectivity index (χ0n) is 23.4. The van der Waals surface area contributed by atoms with Crippen LogP contribution in [-0.4, -0.2) is 41.3 Å². The molecule has 2 heterocycles. The van der Waals surface area contributed by atoms with E-state index in [9.17, 15) is 14.0 Å². The lowest BCUT2D eigenvalue weighted by molar-refractivity contribution is 0.0715. The number of hydrogen-bond donors (Lipinski definition) is 2. The predicted octanol–water partition coefficient (Wildman–Crippen LogP) is 5.64. The molecular weight excluding hydrogens is 495 g/mol. The van der Waals surface area contributed by atoms with Crippen LogP contribution in [0.25, 0.3) is 0 Å². The van der Waals surface area contributed by atoms with Crippen molar-refractivity contribution in [3.05, 3.63) is 88.1 Å². The highest BCUT2D eigenvalue weighted by atomic mass is 19.1. The number of carbonyl (C=O) groups is 2. The summed E-state index contributed by atoms with van der Waals surface area (Å²) in [5.41, 5.74) is 4.27. The summed E-state index contributed by atoms with van der Waals surface area (Å²) in [5, 5.41) is 6.32. The SMILES string of the molecule is Cc1coc([C@H]2CCCN2C(=O)c2cc(CF)cc(C(=O)NCCCNCc3cccc(C(C)(C)C)c3)c2)n1. The van der Waals surface area contributed by atoms with E-state index in [0.717, 1.165) is 38.0 Å². The van der Waals surface area contributed by atoms with Crippen molar-refractivity contribution in [2.45, 2.75) is 71.6 Å². The molecule has 1 atom stereocenters. The standard InChI is InChI=1S/C31H39FN4O3/c1-21-20-39-29(35-21)27-10-6-13-36(27)30(38)25-15-23(18-32)14-24(17-25)28(37)34-12-7-11-33-19-22-8-5-9-26(16-22)31(2,3)4/h5,8-9,14-17,20,27,33H,6-7,10-13,18-19H2,1-4H3,(H,34,37)/t27-/m1/s1. The molecule has 208 valence electrons. The highest BCUT2D eigenvalue weighted by molar-refractivity contribution is 6.00. The van der Waals surface area contributed by atoms with E-state index in [2.05, 4.69) is 60.7 Å². The number of nitrogens with zero attached hydrogens (tertiary/aromatic N) is 2. The zero-order chi connectivity index (χ0) is 28.0. The summed E-state index contributed by atoms with van der Waals surface area (Å²) in [7, 11) is 0. The number of likely N-dealkylation sites (tertiary alicyclic amines) is 1. The van der Waals surface area contributed by atoms with Crippen molar-refractivity contribution < 1.29 is 18.4 Å². The van der Waals surface area contributed by atoms with E-state index in [-0.39, 0.29) is 28.8 Å². The Morgan fingerprint density at radius 2 is 1.90 bits per heavy atom. The Bertz CT molecular complexity index is 1300. The summed E-state index contributed by atoms with van der Waals surface area (Å²) in [4.78, 5) is 32.4. The molecule has 2 N–H and O–H groups in total. The smallest absolute Gasteiger partial charge is 0.254 e. The molecular formula is C31H39FN4O3. The molecule has 1 aromatic heterocycles. The summed E-state index contributed by atoms with van der Waals surface area (Å²) >= 11 is 0. The van der Waals surface area contributed by atoms with Gasteiger partial charge in [0.05, 0.1) is 5.69 Å². The third-order valence-electron chi connectivity index (χ3n) is 7.03. The number of alkyl halides is 1. The number of hydrogen-bond acceptors (Lipinski definition) is 5. The molecule has 1 saturated heterocycles. The predicted molar refractivity (Wildman–Crippen MR) is 149 cm³/mol. The topological polar surface area (TPSA) is 87.5 Å². The number of amides is 2. The highest BCUT2D eigenvalue weighted by Crippen LogP contribution is 2.33. The quantitative estimate of drug-likeness (QED) is 0.329. The molecule has 1 fully saturated rings. The largest absolute Gasteiger partial charge is 0.446 e. The Hall–Kier alpha value is -3.52. The van der Waals surface area contributed by atoms with Gasteiger partial charge in [0.15, 0.2) is 0 Å². The van der Waals surface area contributed by atoms with Gasteiger partial charge in [-0.05, 0) is 73.0 Å². The van der Waals surface area contributed by atoms with Crippen LogP contribution in [0.4, 0.5) is 4.39 Å². The maximum absolute atomic E-state index is 13.7. The Morgan fingerprint density at radius 1 is 1.10 bits per heavy atom. The van der Waals surface area contributed by atoms with Crippen LogP contribution < -0.4 is 10.6 Å². The van der Waals surface area contributed by atoms with Crippen LogP contribution in [0.1, 0.15) is 95.1 Å². The van der Waals surface area contributed by atoms with E-state index in [0.29, 0.717) is 30.1 Å². The van der Waals surface area contributed by atoms with Crippen molar-refractivity contribution in [2.75, 3.05) is 19.6 Å². The fraction of sp³-hybridized carbons (Fsp3) is 0.452. The van der Waals surface area contributed by atoms with Crippen molar-refractivity contribution in [2.24, 2.45) is 0 Å². The molecule has 39 heavy (non-hydrogen) atoms. The van der Waals surface area contributed by atoms with Crippen molar-refractivity contribution in [1.29, 1.82) is 0 Å². The third kappa shape index (κ3) is 7.32. The van der Waals surface area contributed by atoms with Gasteiger partial charge >= 0.3 is 0 Å². The van der Waals surface area contributed by atoms with E-state index >= 15 is 0 Å². The number of rotatable bonds is 10. The summed E-state index contributed by atoms with van der Waals surface area (Å²) < 4.78 is 19.2. The minimum absolute atomic E-state index is 0.107. The molecule has 2 amide bonds. The Kier molecular flexibility index (Phi) is 9.17. The normalized spacial score (nSPS) is 15.5. The second-order valence-corrected chi connectivity index (χ2v) is 11.3. The number of carbonyl (C=O) groups excluding carboxylic acids is 2. The van der Waals surface area contributed by atoms with Crippen molar-refractivity contribution in [1.82, 2.24) is 20.5 Å². The van der Waals surface area contributed by atoms with Crippen molar-refractivity contribution in [3.8, 4) is 0 Å². The Labute approximate surface area is 230 Å². The molecule has 7 nitrogen and oxygen atoms in total. The van der Waals surface area contributed by atoms with Gasteiger partial charge in [-0.2, -0.15) is 0 Å². The van der Waals surface area contributed by atoms with Crippen LogP contribution in [0.5, 0.6) is 0 Å². The molecule has 0 bridgehead atoms. The molecule has 0 radical (unpaired) electrons. The van der Waals surface area contributed by atoms with Gasteiger partial charge in [-0.25, -0.2) is 9.37 Å². The molecule has 4 rings (SSSR count). The van der Waals surface area contributed by atoms with Crippen molar-refractivity contribution in [3.63, 3.8) is 0 Å². The van der Waals surface area contributed by atoms with Crippen LogP contribution in [-0.2, 0) is 18.6 Å². The van der Waals surface area contributed by atoms with E-state index in [1.807, 2.05) is 6.92 Å². The molecule has 0 spiro atoms. The minimum atomic E-state index is -0.760. The van der Waals surface area contributed by atoms with Gasteiger partial charge in [0.25, 0.3) is 11.8 Å². The first-order valence-electron chi connectivity index (χ1n) is 13.7. The highest BCUT2D eigenvalue weighted by Gasteiger charge is 2.34. The maximum atomic E-state index is 13.7. The number of halogens is 1. The van der Waals surface area contributed by atoms with Gasteiger partial charge in [0.2, 0.25) is 5.89 Å². The molecule has 2 aromatic carbocycles. The van der Waals surface area contributed by atoms with Gasteiger partial charge < -0.3 is 20.0 Å². The minimum Gasteiger partial charge on any atom is -0.446 e. The van der Waals surface area contributed by atoms with Crippen LogP contribution in [0.3, 0.4) is 0 Å². The first kappa shape index (κ1) is 28.5. The Morgan fingerprint density at radius 3 is 2.62 bits per heavy atom. The fourth-order valence-corrected chi connectivity index (χ4v) is 4.88. The van der Waals surface area contributed by atoms with E-state index in [1.165, 1.54) is 23.3 Å². The lowest BCUT2D eigenvalue weighted by Crippen LogP contribution is -2.31. The van der Waals surface area contributed by atoms with Crippen LogP contribution in [0.15, 0.2) is 53.1 Å². The molecule has 3 aromatic rings. The molecule has 0 aliphatic carbocycles. The van der Waals surface area contributed by atoms with E-state index in [4.69, 9.17) is 4.42 Å². The number of oxazole rings is 1. The monoisotopic (exact) mass is 534 g/mol. The number of benzene rings is 2. The fourth-order valence-electron chi connectivity index (χ4n) is 4.88. The molecule has 8 heteroatoms. The molecule has 0 unspecified atom stereocenters. The van der Waals surface area contributed by atoms with E-state index in [1.54, 1.807) is 17.2 Å². The number of aromatic nitrogens is 1. The lowest BCUT2D eigenvalue weighted by atomic mass is 9.86. The maximum Gasteiger partial charge on any atom is 0.254 e. The summed E-state index contributed by atoms with van der Waals surface area (Å²) in [5.74, 6) is -0.0653. The Balaban J connectivity index is 1.31. The summed E-state index contributed by atoms with van der Waals surface area (Å²) in [6.07, 6.45) is 3.88. The first-order valence-corrected chi connectivity index (χ1v) is 13.7. The van der Waals surface area contributed by atoms with Crippen LogP contribution in [0.2, 0.25) is 0 Å². The first-order chi connectivity index (χ1) is 18.7. The van der Waals surface area contributed by atoms with Gasteiger partial charge in [-0.15, -0.1) is 0 Å². The molecule has 0 saturated carbocycles. The lowest BCUT2D eigenvalue weighted by Gasteiger charge is -2.23. The second kappa shape index (κ2) is 12.6. The zero-order valence-corrected chi connectivity index (χ0v) is 23.4. The van der Waals surface area contributed by atoms with Crippen molar-refractivity contribution >= 4 is 11.8 Å². The van der Waals surface area contributed by atoms with Gasteiger partial charge in [-0.1, -0.05) is 45.0 Å². The van der Waals surface area contributed by atoms with Gasteiger partial charge in [0, 0.05) is 30.8 Å². The average molecular weight is 535 g/mol. The van der Waals surface area contributed by atoms with Gasteiger partial charge in [-0.3, -0.25) is 9.59 Å². The summed E-state index contributed by atoms with van der Waals surface area (Å²) in [6, 6.07) is 12.9.